The van der Waals surface area contributed by atoms with Crippen LogP contribution in [0.5, 0.6) is 11.5 Å². The zero-order valence-corrected chi connectivity index (χ0v) is 20.3. The Hall–Kier alpha value is -4.59. The minimum Gasteiger partial charge on any atom is -0.507 e. The molecule has 0 radical (unpaired) electrons. The van der Waals surface area contributed by atoms with E-state index in [2.05, 4.69) is 0 Å². The second kappa shape index (κ2) is 9.95. The summed E-state index contributed by atoms with van der Waals surface area (Å²) in [6.45, 7) is 1.81. The van der Waals surface area contributed by atoms with Crippen molar-refractivity contribution >= 4 is 29.1 Å². The number of carbonyl (C=O) groups is 3. The maximum absolute atomic E-state index is 13.4. The monoisotopic (exact) mass is 487 g/mol. The first kappa shape index (κ1) is 24.5. The van der Waals surface area contributed by atoms with Crippen molar-refractivity contribution in [3.63, 3.8) is 0 Å². The number of aliphatic hydroxyl groups excluding tert-OH is 1. The molecule has 1 aliphatic rings. The zero-order valence-electron chi connectivity index (χ0n) is 20.3. The molecule has 0 spiro atoms. The first-order valence-corrected chi connectivity index (χ1v) is 11.1. The number of para-hydroxylation sites is 1. The number of esters is 1. The highest BCUT2D eigenvalue weighted by Crippen LogP contribution is 2.45. The van der Waals surface area contributed by atoms with Crippen molar-refractivity contribution < 1.29 is 33.7 Å². The summed E-state index contributed by atoms with van der Waals surface area (Å²) in [6.07, 6.45) is 0. The molecule has 0 saturated carbocycles. The predicted octanol–water partition coefficient (Wildman–Crippen LogP) is 4.43. The van der Waals surface area contributed by atoms with Crippen molar-refractivity contribution in [3.8, 4) is 11.5 Å². The second-order valence-electron chi connectivity index (χ2n) is 8.13. The number of aryl methyl sites for hydroxylation is 1. The zero-order chi connectivity index (χ0) is 26.0. The van der Waals surface area contributed by atoms with Gasteiger partial charge in [0, 0.05) is 16.8 Å². The molecule has 184 valence electrons. The van der Waals surface area contributed by atoms with Gasteiger partial charge in [-0.1, -0.05) is 18.2 Å². The van der Waals surface area contributed by atoms with Gasteiger partial charge in [-0.05, 0) is 61.0 Å². The number of hydrogen-bond donors (Lipinski definition) is 1. The van der Waals surface area contributed by atoms with Gasteiger partial charge in [-0.3, -0.25) is 14.5 Å². The molecular formula is C28H25NO7. The van der Waals surface area contributed by atoms with Crippen LogP contribution in [0, 0.1) is 6.92 Å². The van der Waals surface area contributed by atoms with E-state index in [1.54, 1.807) is 61.7 Å². The van der Waals surface area contributed by atoms with Gasteiger partial charge in [-0.15, -0.1) is 0 Å². The number of hydrogen-bond acceptors (Lipinski definition) is 7. The van der Waals surface area contributed by atoms with Gasteiger partial charge in [-0.25, -0.2) is 4.79 Å². The molecule has 36 heavy (non-hydrogen) atoms. The van der Waals surface area contributed by atoms with Crippen LogP contribution in [0.3, 0.4) is 0 Å². The van der Waals surface area contributed by atoms with Gasteiger partial charge in [0.05, 0.1) is 38.5 Å². The number of nitrogens with zero attached hydrogens (tertiary/aromatic N) is 1. The summed E-state index contributed by atoms with van der Waals surface area (Å²) in [5.74, 6) is -1.43. The highest BCUT2D eigenvalue weighted by atomic mass is 16.5. The number of Topliss-reactive ketones (excluding diaryl/α,β-unsaturated/α-hetero) is 1. The first-order valence-electron chi connectivity index (χ1n) is 11.1. The van der Waals surface area contributed by atoms with Crippen LogP contribution in [0.1, 0.15) is 33.1 Å². The van der Waals surface area contributed by atoms with Crippen molar-refractivity contribution in [1.29, 1.82) is 0 Å². The quantitative estimate of drug-likeness (QED) is 0.238. The molecular weight excluding hydrogens is 462 g/mol. The summed E-state index contributed by atoms with van der Waals surface area (Å²) in [5, 5.41) is 11.3. The molecule has 1 saturated heterocycles. The van der Waals surface area contributed by atoms with E-state index >= 15 is 0 Å². The van der Waals surface area contributed by atoms with Gasteiger partial charge >= 0.3 is 5.97 Å². The van der Waals surface area contributed by atoms with Crippen LogP contribution >= 0.6 is 0 Å². The van der Waals surface area contributed by atoms with Crippen LogP contribution in [0.4, 0.5) is 5.69 Å². The van der Waals surface area contributed by atoms with Crippen LogP contribution in [-0.2, 0) is 14.3 Å². The first-order chi connectivity index (χ1) is 17.3. The average Bonchev–Trinajstić information content (AvgIpc) is 3.17. The fraction of sp³-hybridized carbons (Fsp3) is 0.179. The van der Waals surface area contributed by atoms with Gasteiger partial charge in [0.25, 0.3) is 11.7 Å². The molecule has 1 amide bonds. The van der Waals surface area contributed by atoms with Gasteiger partial charge < -0.3 is 19.3 Å². The van der Waals surface area contributed by atoms with Crippen molar-refractivity contribution in [2.45, 2.75) is 13.0 Å². The molecule has 1 unspecified atom stereocenters. The number of amides is 1. The Kier molecular flexibility index (Phi) is 6.78. The van der Waals surface area contributed by atoms with E-state index < -0.39 is 23.7 Å². The van der Waals surface area contributed by atoms with Crippen LogP contribution < -0.4 is 14.4 Å². The van der Waals surface area contributed by atoms with E-state index in [-0.39, 0.29) is 11.3 Å². The Balaban J connectivity index is 1.93. The maximum Gasteiger partial charge on any atom is 0.337 e. The molecule has 1 heterocycles. The molecule has 1 atom stereocenters. The number of methoxy groups -OCH3 is 3. The van der Waals surface area contributed by atoms with Crippen LogP contribution in [0.15, 0.2) is 72.3 Å². The summed E-state index contributed by atoms with van der Waals surface area (Å²) in [6, 6.07) is 17.1. The predicted molar refractivity (Wildman–Crippen MR) is 133 cm³/mol. The summed E-state index contributed by atoms with van der Waals surface area (Å²) < 4.78 is 15.6. The third kappa shape index (κ3) is 4.17. The largest absolute Gasteiger partial charge is 0.507 e. The summed E-state index contributed by atoms with van der Waals surface area (Å²) >= 11 is 0. The third-order valence-electron chi connectivity index (χ3n) is 6.11. The maximum atomic E-state index is 13.4. The summed E-state index contributed by atoms with van der Waals surface area (Å²) in [5.41, 5.74) is 2.22. The van der Waals surface area contributed by atoms with Crippen LogP contribution in [0.2, 0.25) is 0 Å². The third-order valence-corrected chi connectivity index (χ3v) is 6.11. The average molecular weight is 488 g/mol. The highest BCUT2D eigenvalue weighted by Gasteiger charge is 2.48. The molecule has 3 aromatic rings. The van der Waals surface area contributed by atoms with Crippen LogP contribution in [0.25, 0.3) is 5.76 Å². The summed E-state index contributed by atoms with van der Waals surface area (Å²) in [7, 11) is 4.31. The lowest BCUT2D eigenvalue weighted by atomic mass is 9.94. The van der Waals surface area contributed by atoms with Crippen molar-refractivity contribution in [2.24, 2.45) is 0 Å². The van der Waals surface area contributed by atoms with Crippen LogP contribution in [-0.4, -0.2) is 44.1 Å². The van der Waals surface area contributed by atoms with E-state index in [1.165, 1.54) is 31.3 Å². The van der Waals surface area contributed by atoms with Gasteiger partial charge in [-0.2, -0.15) is 0 Å². The fourth-order valence-corrected chi connectivity index (χ4v) is 4.34. The van der Waals surface area contributed by atoms with Crippen molar-refractivity contribution in [1.82, 2.24) is 0 Å². The molecule has 0 bridgehead atoms. The number of carbonyl (C=O) groups excluding carboxylic acids is 3. The lowest BCUT2D eigenvalue weighted by molar-refractivity contribution is -0.132. The van der Waals surface area contributed by atoms with Crippen molar-refractivity contribution in [2.75, 3.05) is 26.2 Å². The fourth-order valence-electron chi connectivity index (χ4n) is 4.34. The molecule has 4 rings (SSSR count). The van der Waals surface area contributed by atoms with Gasteiger partial charge in [0.15, 0.2) is 0 Å². The normalized spacial score (nSPS) is 16.7. The molecule has 8 heteroatoms. The van der Waals surface area contributed by atoms with E-state index in [0.717, 1.165) is 5.56 Å². The van der Waals surface area contributed by atoms with E-state index in [1.807, 2.05) is 6.92 Å². The topological polar surface area (TPSA) is 102 Å². The SMILES string of the molecule is COC(=O)c1ccc(N2C(=O)C(=O)/C(=C(/O)c3ccc(OC)c(C)c3)C2c2ccccc2OC)cc1. The Bertz CT molecular complexity index is 1370. The van der Waals surface area contributed by atoms with E-state index in [0.29, 0.717) is 33.9 Å². The number of benzene rings is 3. The van der Waals surface area contributed by atoms with Crippen molar-refractivity contribution in [3.05, 3.63) is 94.6 Å². The lowest BCUT2D eigenvalue weighted by Crippen LogP contribution is -2.29. The molecule has 0 aliphatic carbocycles. The Morgan fingerprint density at radius 3 is 2.11 bits per heavy atom. The number of rotatable bonds is 6. The summed E-state index contributed by atoms with van der Waals surface area (Å²) in [4.78, 5) is 39.9. The lowest BCUT2D eigenvalue weighted by Gasteiger charge is -2.26. The molecule has 8 nitrogen and oxygen atoms in total. The van der Waals surface area contributed by atoms with Gasteiger partial charge in [0.2, 0.25) is 0 Å². The minimum absolute atomic E-state index is 0.0777. The van der Waals surface area contributed by atoms with E-state index in [4.69, 9.17) is 14.2 Å². The Labute approximate surface area is 208 Å². The standard InChI is InChI=1S/C28H25NO7/c1-16-15-18(11-14-21(16)34-2)25(30)23-24(20-7-5-6-8-22(20)35-3)29(27(32)26(23)31)19-12-9-17(10-13-19)28(33)36-4/h5-15,24,30H,1-4H3/b25-23+. The molecule has 3 aromatic carbocycles. The minimum atomic E-state index is -0.979. The number of ketones is 1. The van der Waals surface area contributed by atoms with E-state index in [9.17, 15) is 19.5 Å². The smallest absolute Gasteiger partial charge is 0.337 e. The molecule has 1 fully saturated rings. The number of aliphatic hydroxyl groups is 1. The molecule has 1 aliphatic heterocycles. The van der Waals surface area contributed by atoms with Gasteiger partial charge in [0.1, 0.15) is 17.3 Å². The second-order valence-corrected chi connectivity index (χ2v) is 8.13. The number of anilines is 1. The Morgan fingerprint density at radius 1 is 0.861 bits per heavy atom. The number of ether oxygens (including phenoxy) is 3. The Morgan fingerprint density at radius 2 is 1.50 bits per heavy atom. The molecule has 1 N–H and O–H groups in total. The highest BCUT2D eigenvalue weighted by molar-refractivity contribution is 6.51. The molecule has 0 aromatic heterocycles.